The number of nitrogens with zero attached hydrogens (tertiary/aromatic N) is 5. The normalized spacial score (nSPS) is 19.5. The first kappa shape index (κ1) is 52.5. The van der Waals surface area contributed by atoms with Crippen LogP contribution in [0.15, 0.2) is 103 Å². The molecule has 7 rings (SSSR count). The van der Waals surface area contributed by atoms with Crippen molar-refractivity contribution in [3.63, 3.8) is 0 Å². The van der Waals surface area contributed by atoms with Crippen LogP contribution in [0.4, 0.5) is 25.0 Å². The summed E-state index contributed by atoms with van der Waals surface area (Å²) in [6, 6.07) is 29.2. The summed E-state index contributed by atoms with van der Waals surface area (Å²) in [5, 5.41) is 4.72. The molecule has 2 aliphatic heterocycles. The number of urea groups is 1. The summed E-state index contributed by atoms with van der Waals surface area (Å²) in [5.41, 5.74) is 0.0588. The smallest absolute Gasteiger partial charge is 0.435 e. The molecule has 3 heterocycles. The molecule has 19 heteroatoms. The van der Waals surface area contributed by atoms with Gasteiger partial charge in [-0.05, 0) is 129 Å². The highest BCUT2D eigenvalue weighted by Crippen LogP contribution is 2.45. The molecule has 2 fully saturated rings. The number of imide groups is 1. The van der Waals surface area contributed by atoms with E-state index >= 15 is 4.79 Å². The van der Waals surface area contributed by atoms with Gasteiger partial charge in [0.1, 0.15) is 34.8 Å². The lowest BCUT2D eigenvalue weighted by atomic mass is 9.90. The summed E-state index contributed by atoms with van der Waals surface area (Å²) in [4.78, 5) is 81.1. The SMILES string of the molecule is CC(C)(C)OC(=O)N(C(=O)OC(C)(C)C)c1nn(C(=O)OC(C)(C)C)c2ccc(CN3C(=O)N(Cc4ccc(OCP(=O)(O)O)cc4)C(c4ccccc4)[C@@H]4OC(C)(C)O[C@H]4[C@H]3Cc3ccccc3)cc12. The van der Waals surface area contributed by atoms with Crippen LogP contribution in [0.25, 0.3) is 10.9 Å². The maximum Gasteiger partial charge on any atom is 0.435 e. The molecule has 4 amide bonds. The average molecular weight is 998 g/mol. The number of aromatic nitrogens is 2. The van der Waals surface area contributed by atoms with E-state index in [0.717, 1.165) is 15.8 Å². The Hall–Kier alpha value is -6.30. The van der Waals surface area contributed by atoms with Crippen LogP contribution in [0, 0.1) is 0 Å². The molecule has 2 saturated heterocycles. The first-order valence-corrected chi connectivity index (χ1v) is 25.1. The minimum atomic E-state index is -4.45. The quantitative estimate of drug-likeness (QED) is 0.0932. The van der Waals surface area contributed by atoms with Gasteiger partial charge >= 0.3 is 31.9 Å². The van der Waals surface area contributed by atoms with E-state index in [-0.39, 0.29) is 41.6 Å². The van der Waals surface area contributed by atoms with Crippen molar-refractivity contribution in [2.45, 2.75) is 143 Å². The molecule has 71 heavy (non-hydrogen) atoms. The molecule has 0 saturated carbocycles. The molecule has 1 aromatic heterocycles. The molecule has 0 radical (unpaired) electrons. The first-order chi connectivity index (χ1) is 33.0. The van der Waals surface area contributed by atoms with Crippen LogP contribution < -0.4 is 9.64 Å². The highest BCUT2D eigenvalue weighted by atomic mass is 31.2. The number of rotatable bonds is 11. The van der Waals surface area contributed by atoms with Crippen LogP contribution >= 0.6 is 7.60 Å². The van der Waals surface area contributed by atoms with Crippen molar-refractivity contribution in [2.75, 3.05) is 11.2 Å². The molecule has 380 valence electrons. The summed E-state index contributed by atoms with van der Waals surface area (Å²) < 4.78 is 48.9. The van der Waals surface area contributed by atoms with Gasteiger partial charge < -0.3 is 48.0 Å². The van der Waals surface area contributed by atoms with E-state index in [1.165, 1.54) is 0 Å². The second-order valence-corrected chi connectivity index (χ2v) is 22.7. The van der Waals surface area contributed by atoms with Gasteiger partial charge in [0.25, 0.3) is 0 Å². The number of hydrogen-bond acceptors (Lipinski definition) is 12. The van der Waals surface area contributed by atoms with E-state index in [1.807, 2.05) is 74.5 Å². The summed E-state index contributed by atoms with van der Waals surface area (Å²) in [6.07, 6.45) is -4.92. The molecule has 1 unspecified atom stereocenters. The Morgan fingerprint density at radius 2 is 1.24 bits per heavy atom. The lowest BCUT2D eigenvalue weighted by molar-refractivity contribution is -0.158. The van der Waals surface area contributed by atoms with Crippen molar-refractivity contribution in [1.82, 2.24) is 19.6 Å². The van der Waals surface area contributed by atoms with Crippen molar-refractivity contribution in [2.24, 2.45) is 0 Å². The van der Waals surface area contributed by atoms with Gasteiger partial charge in [-0.25, -0.2) is 19.2 Å². The third kappa shape index (κ3) is 13.2. The Balaban J connectivity index is 1.41. The average Bonchev–Trinajstić information content (AvgIpc) is 3.76. The molecule has 0 bridgehead atoms. The standard InChI is InChI=1S/C52H64N5O13P/c1-49(2,3)68-46(59)56(47(60)69-50(4,5)6)44-38-28-35(24-27-39(38)57(53-44)48(61)70-51(7,8)9)31-54-40(29-33-18-14-12-15-19-33)42-43(67-52(10,11)66-42)41(36-20-16-13-17-21-36)55(45(54)58)30-34-22-25-37(26-23-34)65-32-71(62,63)64/h12-28,40-43H,29-32H2,1-11H3,(H2,62,63,64)/t40-,41?,42+,43+/m1/s1. The Kier molecular flexibility index (Phi) is 14.8. The van der Waals surface area contributed by atoms with Gasteiger partial charge in [-0.15, -0.1) is 5.10 Å². The minimum Gasteiger partial charge on any atom is -0.481 e. The van der Waals surface area contributed by atoms with Gasteiger partial charge in [0.2, 0.25) is 0 Å². The largest absolute Gasteiger partial charge is 0.481 e. The second-order valence-electron chi connectivity index (χ2n) is 21.2. The number of amides is 4. The van der Waals surface area contributed by atoms with Crippen LogP contribution in [0.5, 0.6) is 5.75 Å². The Morgan fingerprint density at radius 1 is 0.704 bits per heavy atom. The van der Waals surface area contributed by atoms with Crippen molar-refractivity contribution < 1.29 is 62.0 Å². The Bertz CT molecular complexity index is 2750. The highest BCUT2D eigenvalue weighted by Gasteiger charge is 2.56. The molecule has 4 atom stereocenters. The van der Waals surface area contributed by atoms with E-state index in [0.29, 0.717) is 22.4 Å². The summed E-state index contributed by atoms with van der Waals surface area (Å²) in [6.45, 7) is 18.7. The fourth-order valence-corrected chi connectivity index (χ4v) is 8.87. The molecule has 18 nitrogen and oxygen atoms in total. The number of ether oxygens (including phenoxy) is 6. The fourth-order valence-electron chi connectivity index (χ4n) is 8.56. The molecule has 5 aromatic rings. The molecular weight excluding hydrogens is 934 g/mol. The van der Waals surface area contributed by atoms with Gasteiger partial charge in [0.15, 0.2) is 18.0 Å². The van der Waals surface area contributed by atoms with Crippen molar-refractivity contribution in [3.8, 4) is 5.75 Å². The van der Waals surface area contributed by atoms with Crippen molar-refractivity contribution in [1.29, 1.82) is 0 Å². The highest BCUT2D eigenvalue weighted by molar-refractivity contribution is 7.51. The van der Waals surface area contributed by atoms with E-state index < -0.39 is 79.1 Å². The van der Waals surface area contributed by atoms with Gasteiger partial charge in [-0.3, -0.25) is 4.57 Å². The zero-order valence-corrected chi connectivity index (χ0v) is 42.9. The van der Waals surface area contributed by atoms with Gasteiger partial charge in [0.05, 0.1) is 17.6 Å². The molecule has 4 aromatic carbocycles. The van der Waals surface area contributed by atoms with E-state index in [2.05, 4.69) is 5.10 Å². The second kappa shape index (κ2) is 20.1. The topological polar surface area (TPSA) is 209 Å². The van der Waals surface area contributed by atoms with Gasteiger partial charge in [-0.1, -0.05) is 78.9 Å². The lowest BCUT2D eigenvalue weighted by Crippen LogP contribution is -2.50. The van der Waals surface area contributed by atoms with Crippen LogP contribution in [0.1, 0.15) is 104 Å². The van der Waals surface area contributed by atoms with E-state index in [9.17, 15) is 28.7 Å². The van der Waals surface area contributed by atoms with Gasteiger partial charge in [-0.2, -0.15) is 9.58 Å². The number of hydrogen-bond donors (Lipinski definition) is 2. The number of fused-ring (bicyclic) bond motifs is 2. The van der Waals surface area contributed by atoms with Crippen LogP contribution in [-0.2, 0) is 47.8 Å². The third-order valence-electron chi connectivity index (χ3n) is 11.2. The van der Waals surface area contributed by atoms with Crippen LogP contribution in [0.2, 0.25) is 0 Å². The Morgan fingerprint density at radius 3 is 1.80 bits per heavy atom. The zero-order valence-electron chi connectivity index (χ0n) is 42.0. The molecule has 2 aliphatic rings. The Labute approximate surface area is 413 Å². The van der Waals surface area contributed by atoms with E-state index in [1.54, 1.807) is 115 Å². The van der Waals surface area contributed by atoms with E-state index in [4.69, 9.17) is 28.4 Å². The number of carbonyl (C=O) groups is 4. The lowest BCUT2D eigenvalue weighted by Gasteiger charge is -2.37. The summed E-state index contributed by atoms with van der Waals surface area (Å²) >= 11 is 0. The summed E-state index contributed by atoms with van der Waals surface area (Å²) in [7, 11) is -4.45. The summed E-state index contributed by atoms with van der Waals surface area (Å²) in [5.74, 6) is -1.11. The zero-order chi connectivity index (χ0) is 51.8. The minimum absolute atomic E-state index is 0.0532. The predicted octanol–water partition coefficient (Wildman–Crippen LogP) is 10.3. The monoisotopic (exact) mass is 997 g/mol. The molecular formula is C52H64N5O13P. The first-order valence-electron chi connectivity index (χ1n) is 23.3. The van der Waals surface area contributed by atoms with Crippen LogP contribution in [0.3, 0.4) is 0 Å². The predicted molar refractivity (Wildman–Crippen MR) is 264 cm³/mol. The molecule has 0 aliphatic carbocycles. The fraction of sp³-hybridized carbons (Fsp3) is 0.442. The number of anilines is 1. The molecule has 0 spiro atoms. The van der Waals surface area contributed by atoms with Crippen molar-refractivity contribution in [3.05, 3.63) is 125 Å². The number of benzene rings is 4. The molecule has 2 N–H and O–H groups in total. The maximum absolute atomic E-state index is 15.9. The van der Waals surface area contributed by atoms with Crippen LogP contribution in [-0.4, -0.2) is 101 Å². The third-order valence-corrected chi connectivity index (χ3v) is 11.7. The van der Waals surface area contributed by atoms with Crippen molar-refractivity contribution >= 4 is 48.6 Å². The number of carbonyl (C=O) groups excluding carboxylic acids is 4. The maximum atomic E-state index is 15.9. The van der Waals surface area contributed by atoms with Gasteiger partial charge in [0, 0.05) is 18.5 Å².